The fourth-order valence-corrected chi connectivity index (χ4v) is 2.85. The number of amides is 2. The van der Waals surface area contributed by atoms with Gasteiger partial charge in [0.25, 0.3) is 5.91 Å². The molecule has 0 unspecified atom stereocenters. The number of methoxy groups -OCH3 is 1. The van der Waals surface area contributed by atoms with Gasteiger partial charge in [0.2, 0.25) is 5.91 Å². The summed E-state index contributed by atoms with van der Waals surface area (Å²) in [7, 11) is 1.61. The van der Waals surface area contributed by atoms with Gasteiger partial charge in [-0.05, 0) is 36.6 Å². The quantitative estimate of drug-likeness (QED) is 0.790. The van der Waals surface area contributed by atoms with Crippen molar-refractivity contribution in [2.45, 2.75) is 58.9 Å². The van der Waals surface area contributed by atoms with Gasteiger partial charge >= 0.3 is 0 Å². The summed E-state index contributed by atoms with van der Waals surface area (Å²) >= 11 is 0. The molecule has 1 aromatic rings. The third-order valence-corrected chi connectivity index (χ3v) is 4.54. The molecule has 2 N–H and O–H groups in total. The van der Waals surface area contributed by atoms with E-state index in [-0.39, 0.29) is 23.6 Å². The Labute approximate surface area is 156 Å². The Morgan fingerprint density at radius 2 is 1.69 bits per heavy atom. The second kappa shape index (κ2) is 8.88. The summed E-state index contributed by atoms with van der Waals surface area (Å²) in [6.45, 7) is 5.48. The zero-order valence-corrected chi connectivity index (χ0v) is 16.2. The minimum Gasteiger partial charge on any atom is -0.497 e. The summed E-state index contributed by atoms with van der Waals surface area (Å²) in [4.78, 5) is 25.2. The van der Waals surface area contributed by atoms with Gasteiger partial charge in [0.05, 0.1) is 7.11 Å². The molecule has 0 aliphatic heterocycles. The van der Waals surface area contributed by atoms with E-state index in [1.807, 2.05) is 45.0 Å². The highest BCUT2D eigenvalue weighted by molar-refractivity contribution is 6.02. The molecular weight excluding hydrogens is 328 g/mol. The molecule has 142 valence electrons. The van der Waals surface area contributed by atoms with E-state index in [1.54, 1.807) is 13.2 Å². The Morgan fingerprint density at radius 1 is 1.08 bits per heavy atom. The van der Waals surface area contributed by atoms with Crippen LogP contribution in [0.2, 0.25) is 0 Å². The van der Waals surface area contributed by atoms with Gasteiger partial charge in [-0.2, -0.15) is 0 Å². The lowest BCUT2D eigenvalue weighted by Crippen LogP contribution is -2.43. The van der Waals surface area contributed by atoms with E-state index in [0.717, 1.165) is 37.0 Å². The van der Waals surface area contributed by atoms with Crippen molar-refractivity contribution in [2.24, 2.45) is 5.41 Å². The fraction of sp³-hybridized carbons (Fsp3) is 0.524. The molecule has 0 aromatic heterocycles. The molecule has 1 saturated carbocycles. The predicted octanol–water partition coefficient (Wildman–Crippen LogP) is 3.65. The summed E-state index contributed by atoms with van der Waals surface area (Å²) in [5.74, 6) is 0.329. The van der Waals surface area contributed by atoms with Crippen LogP contribution in [-0.2, 0) is 9.59 Å². The molecule has 5 heteroatoms. The Hall–Kier alpha value is -2.30. The number of nitrogens with one attached hydrogen (secondary N) is 2. The number of carbonyl (C=O) groups excluding carboxylic acids is 2. The minimum atomic E-state index is -0.579. The van der Waals surface area contributed by atoms with Crippen LogP contribution in [0, 0.1) is 5.41 Å². The van der Waals surface area contributed by atoms with Crippen molar-refractivity contribution in [3.63, 3.8) is 0 Å². The Balaban J connectivity index is 2.20. The van der Waals surface area contributed by atoms with Gasteiger partial charge in [-0.25, -0.2) is 0 Å². The third kappa shape index (κ3) is 5.90. The van der Waals surface area contributed by atoms with Gasteiger partial charge in [0.15, 0.2) is 0 Å². The molecule has 0 spiro atoms. The van der Waals surface area contributed by atoms with Crippen LogP contribution in [-0.4, -0.2) is 25.0 Å². The summed E-state index contributed by atoms with van der Waals surface area (Å²) in [6.07, 6.45) is 7.19. The largest absolute Gasteiger partial charge is 0.497 e. The topological polar surface area (TPSA) is 67.4 Å². The molecule has 0 radical (unpaired) electrons. The molecule has 0 saturated heterocycles. The van der Waals surface area contributed by atoms with E-state index in [9.17, 15) is 9.59 Å². The zero-order chi connectivity index (χ0) is 19.2. The molecule has 0 atom stereocenters. The molecule has 5 nitrogen and oxygen atoms in total. The molecule has 1 fully saturated rings. The van der Waals surface area contributed by atoms with Crippen LogP contribution in [0.15, 0.2) is 30.0 Å². The first-order valence-corrected chi connectivity index (χ1v) is 9.27. The van der Waals surface area contributed by atoms with Gasteiger partial charge in [-0.1, -0.05) is 52.2 Å². The van der Waals surface area contributed by atoms with E-state index in [1.165, 1.54) is 6.42 Å². The van der Waals surface area contributed by atoms with E-state index >= 15 is 0 Å². The van der Waals surface area contributed by atoms with Gasteiger partial charge in [-0.3, -0.25) is 9.59 Å². The Morgan fingerprint density at radius 3 is 2.23 bits per heavy atom. The van der Waals surface area contributed by atoms with Crippen molar-refractivity contribution < 1.29 is 14.3 Å². The summed E-state index contributed by atoms with van der Waals surface area (Å²) in [5, 5.41) is 5.87. The SMILES string of the molecule is COc1ccc(/C=C(/NC(=O)C(C)(C)C)C(=O)NC2CCCCC2)cc1. The second-order valence-corrected chi connectivity index (χ2v) is 7.84. The van der Waals surface area contributed by atoms with Crippen LogP contribution in [0.3, 0.4) is 0 Å². The van der Waals surface area contributed by atoms with Crippen molar-refractivity contribution in [3.8, 4) is 5.75 Å². The minimum absolute atomic E-state index is 0.182. The summed E-state index contributed by atoms with van der Waals surface area (Å²) in [5.41, 5.74) is 0.527. The van der Waals surface area contributed by atoms with Gasteiger partial charge in [-0.15, -0.1) is 0 Å². The zero-order valence-electron chi connectivity index (χ0n) is 16.2. The number of hydrogen-bond acceptors (Lipinski definition) is 3. The number of carbonyl (C=O) groups is 2. The Bertz CT molecular complexity index is 651. The standard InChI is InChI=1S/C21H30N2O3/c1-21(2,3)20(25)23-18(14-15-10-12-17(26-4)13-11-15)19(24)22-16-8-6-5-7-9-16/h10-14,16H,5-9H2,1-4H3,(H,22,24)(H,23,25)/b18-14+. The summed E-state index contributed by atoms with van der Waals surface area (Å²) in [6, 6.07) is 7.55. The van der Waals surface area contributed by atoms with Crippen LogP contribution in [0.5, 0.6) is 5.75 Å². The second-order valence-electron chi connectivity index (χ2n) is 7.84. The van der Waals surface area contributed by atoms with E-state index in [4.69, 9.17) is 4.74 Å². The first-order valence-electron chi connectivity index (χ1n) is 9.27. The van der Waals surface area contributed by atoms with Crippen molar-refractivity contribution in [3.05, 3.63) is 35.5 Å². The van der Waals surface area contributed by atoms with Crippen molar-refractivity contribution >= 4 is 17.9 Å². The monoisotopic (exact) mass is 358 g/mol. The number of benzene rings is 1. The number of rotatable bonds is 5. The van der Waals surface area contributed by atoms with E-state index in [0.29, 0.717) is 0 Å². The van der Waals surface area contributed by atoms with Crippen LogP contribution in [0.4, 0.5) is 0 Å². The molecule has 0 bridgehead atoms. The predicted molar refractivity (Wildman–Crippen MR) is 104 cm³/mol. The fourth-order valence-electron chi connectivity index (χ4n) is 2.85. The van der Waals surface area contributed by atoms with Crippen LogP contribution >= 0.6 is 0 Å². The lowest BCUT2D eigenvalue weighted by molar-refractivity contribution is -0.129. The van der Waals surface area contributed by atoms with E-state index < -0.39 is 5.41 Å². The van der Waals surface area contributed by atoms with Gasteiger partial charge in [0, 0.05) is 11.5 Å². The molecule has 1 aliphatic carbocycles. The molecule has 0 heterocycles. The van der Waals surface area contributed by atoms with Crippen molar-refractivity contribution in [1.82, 2.24) is 10.6 Å². The van der Waals surface area contributed by atoms with Gasteiger partial charge < -0.3 is 15.4 Å². The van der Waals surface area contributed by atoms with E-state index in [2.05, 4.69) is 10.6 Å². The molecule has 1 aliphatic rings. The maximum Gasteiger partial charge on any atom is 0.268 e. The lowest BCUT2D eigenvalue weighted by atomic mass is 9.94. The van der Waals surface area contributed by atoms with Gasteiger partial charge in [0.1, 0.15) is 11.4 Å². The average molecular weight is 358 g/mol. The molecule has 2 rings (SSSR count). The first-order chi connectivity index (χ1) is 12.3. The normalized spacial score (nSPS) is 16.1. The third-order valence-electron chi connectivity index (χ3n) is 4.54. The van der Waals surface area contributed by atoms with Crippen molar-refractivity contribution in [1.29, 1.82) is 0 Å². The maximum absolute atomic E-state index is 12.8. The number of hydrogen-bond donors (Lipinski definition) is 2. The van der Waals surface area contributed by atoms with Crippen LogP contribution in [0.25, 0.3) is 6.08 Å². The average Bonchev–Trinajstić information content (AvgIpc) is 2.61. The molecular formula is C21H30N2O3. The molecule has 26 heavy (non-hydrogen) atoms. The highest BCUT2D eigenvalue weighted by atomic mass is 16.5. The highest BCUT2D eigenvalue weighted by Gasteiger charge is 2.25. The highest BCUT2D eigenvalue weighted by Crippen LogP contribution is 2.19. The number of ether oxygens (including phenoxy) is 1. The molecule has 1 aromatic carbocycles. The Kier molecular flexibility index (Phi) is 6.83. The van der Waals surface area contributed by atoms with Crippen LogP contribution in [0.1, 0.15) is 58.4 Å². The summed E-state index contributed by atoms with van der Waals surface area (Å²) < 4.78 is 5.16. The smallest absolute Gasteiger partial charge is 0.268 e. The van der Waals surface area contributed by atoms with Crippen molar-refractivity contribution in [2.75, 3.05) is 7.11 Å². The first kappa shape index (κ1) is 20.0. The molecule has 2 amide bonds. The lowest BCUT2D eigenvalue weighted by Gasteiger charge is -2.24. The maximum atomic E-state index is 12.8. The van der Waals surface area contributed by atoms with Crippen LogP contribution < -0.4 is 15.4 Å².